The van der Waals surface area contributed by atoms with Crippen LogP contribution < -0.4 is 11.5 Å². The van der Waals surface area contributed by atoms with E-state index in [1.54, 1.807) is 0 Å². The lowest BCUT2D eigenvalue weighted by Gasteiger charge is -1.99. The predicted molar refractivity (Wildman–Crippen MR) is 58.0 cm³/mol. The summed E-state index contributed by atoms with van der Waals surface area (Å²) in [5, 5.41) is 0. The highest BCUT2D eigenvalue weighted by molar-refractivity contribution is 5.85. The van der Waals surface area contributed by atoms with E-state index in [1.807, 2.05) is 0 Å². The number of guanidine groups is 1. The van der Waals surface area contributed by atoms with Gasteiger partial charge in [0.15, 0.2) is 17.6 Å². The third-order valence-corrected chi connectivity index (χ3v) is 1.68. The number of hydrogen-bond acceptors (Lipinski definition) is 1. The van der Waals surface area contributed by atoms with Gasteiger partial charge < -0.3 is 11.5 Å². The van der Waals surface area contributed by atoms with Crippen LogP contribution >= 0.6 is 12.4 Å². The maximum Gasteiger partial charge on any atom is 0.185 e. The van der Waals surface area contributed by atoms with E-state index in [0.29, 0.717) is 18.5 Å². The van der Waals surface area contributed by atoms with Gasteiger partial charge in [-0.15, -0.1) is 12.4 Å². The molecule has 0 saturated heterocycles. The molecule has 0 spiro atoms. The van der Waals surface area contributed by atoms with Gasteiger partial charge in [0, 0.05) is 6.54 Å². The van der Waals surface area contributed by atoms with Crippen molar-refractivity contribution in [3.63, 3.8) is 0 Å². The lowest BCUT2D eigenvalue weighted by atomic mass is 10.1. The average molecular weight is 236 g/mol. The van der Waals surface area contributed by atoms with E-state index >= 15 is 0 Å². The summed E-state index contributed by atoms with van der Waals surface area (Å²) in [6.07, 6.45) is 0.481. The molecule has 0 bridgehead atoms. The normalized spacial score (nSPS) is 9.20. The summed E-state index contributed by atoms with van der Waals surface area (Å²) in [4.78, 5) is 3.73. The second kappa shape index (κ2) is 6.19. The van der Waals surface area contributed by atoms with Gasteiger partial charge in [-0.1, -0.05) is 6.07 Å². The van der Waals surface area contributed by atoms with Gasteiger partial charge in [-0.2, -0.15) is 0 Å². The van der Waals surface area contributed by atoms with Gasteiger partial charge in [0.05, 0.1) is 0 Å². The predicted octanol–water partition coefficient (Wildman–Crippen LogP) is 1.20. The molecule has 3 nitrogen and oxygen atoms in total. The molecule has 0 amide bonds. The van der Waals surface area contributed by atoms with Crippen LogP contribution in [0.5, 0.6) is 0 Å². The van der Waals surface area contributed by atoms with Gasteiger partial charge in [-0.05, 0) is 24.1 Å². The summed E-state index contributed by atoms with van der Waals surface area (Å²) in [6.45, 7) is 0.368. The maximum absolute atomic E-state index is 12.7. The van der Waals surface area contributed by atoms with Gasteiger partial charge in [0.2, 0.25) is 0 Å². The Morgan fingerprint density at radius 1 is 1.20 bits per heavy atom. The van der Waals surface area contributed by atoms with Crippen LogP contribution in [0.4, 0.5) is 8.78 Å². The van der Waals surface area contributed by atoms with Crippen LogP contribution in [-0.4, -0.2) is 12.5 Å². The summed E-state index contributed by atoms with van der Waals surface area (Å²) in [7, 11) is 0. The molecule has 1 aromatic rings. The number of halogens is 3. The lowest BCUT2D eigenvalue weighted by molar-refractivity contribution is 0.507. The molecule has 0 fully saturated rings. The summed E-state index contributed by atoms with van der Waals surface area (Å²) in [5.74, 6) is -1.71. The first-order valence-electron chi connectivity index (χ1n) is 4.09. The van der Waals surface area contributed by atoms with Crippen molar-refractivity contribution in [2.24, 2.45) is 16.5 Å². The SMILES string of the molecule is Cl.NC(N)=NCCc1ccc(F)c(F)c1. The van der Waals surface area contributed by atoms with Crippen molar-refractivity contribution in [2.75, 3.05) is 6.54 Å². The van der Waals surface area contributed by atoms with Gasteiger partial charge >= 0.3 is 0 Å². The van der Waals surface area contributed by atoms with Crippen molar-refractivity contribution < 1.29 is 8.78 Å². The fourth-order valence-electron chi connectivity index (χ4n) is 1.01. The molecule has 0 aromatic heterocycles. The lowest BCUT2D eigenvalue weighted by Crippen LogP contribution is -2.23. The van der Waals surface area contributed by atoms with Crippen LogP contribution in [0, 0.1) is 11.6 Å². The van der Waals surface area contributed by atoms with E-state index in [-0.39, 0.29) is 18.4 Å². The van der Waals surface area contributed by atoms with E-state index in [9.17, 15) is 8.78 Å². The van der Waals surface area contributed by atoms with Gasteiger partial charge in [0.25, 0.3) is 0 Å². The zero-order valence-corrected chi connectivity index (χ0v) is 8.73. The number of benzene rings is 1. The molecule has 15 heavy (non-hydrogen) atoms. The molecule has 84 valence electrons. The standard InChI is InChI=1S/C9H11F2N3.ClH/c10-7-2-1-6(5-8(7)11)3-4-14-9(12)13;/h1-2,5H,3-4H2,(H4,12,13,14);1H. The fraction of sp³-hybridized carbons (Fsp3) is 0.222. The van der Waals surface area contributed by atoms with Crippen LogP contribution in [-0.2, 0) is 6.42 Å². The van der Waals surface area contributed by atoms with Crippen molar-refractivity contribution in [1.29, 1.82) is 0 Å². The molecule has 0 saturated carbocycles. The molecule has 1 rings (SSSR count). The Labute approximate surface area is 92.6 Å². The molecule has 0 aliphatic heterocycles. The van der Waals surface area contributed by atoms with Gasteiger partial charge in [0.1, 0.15) is 0 Å². The first kappa shape index (κ1) is 13.6. The smallest absolute Gasteiger partial charge is 0.185 e. The summed E-state index contributed by atoms with van der Waals surface area (Å²) in [5.41, 5.74) is 10.9. The fourth-order valence-corrected chi connectivity index (χ4v) is 1.01. The minimum absolute atomic E-state index is 0. The Bertz CT molecular complexity index is 351. The molecule has 0 atom stereocenters. The Balaban J connectivity index is 0.00000196. The quantitative estimate of drug-likeness (QED) is 0.611. The van der Waals surface area contributed by atoms with Crippen LogP contribution in [0.3, 0.4) is 0 Å². The average Bonchev–Trinajstić information content (AvgIpc) is 2.10. The molecule has 0 radical (unpaired) electrons. The molecule has 0 heterocycles. The number of hydrogen-bond donors (Lipinski definition) is 2. The Hall–Kier alpha value is -1.36. The minimum Gasteiger partial charge on any atom is -0.370 e. The summed E-state index contributed by atoms with van der Waals surface area (Å²) >= 11 is 0. The number of nitrogens with two attached hydrogens (primary N) is 2. The maximum atomic E-state index is 12.7. The first-order valence-corrected chi connectivity index (χ1v) is 4.09. The molecular formula is C9H12ClF2N3. The first-order chi connectivity index (χ1) is 6.59. The molecular weight excluding hydrogens is 224 g/mol. The topological polar surface area (TPSA) is 64.4 Å². The van der Waals surface area contributed by atoms with E-state index in [1.165, 1.54) is 6.07 Å². The number of nitrogens with zero attached hydrogens (tertiary/aromatic N) is 1. The summed E-state index contributed by atoms with van der Waals surface area (Å²) in [6, 6.07) is 3.72. The van der Waals surface area contributed by atoms with E-state index in [4.69, 9.17) is 11.5 Å². The van der Waals surface area contributed by atoms with Crippen LogP contribution in [0.15, 0.2) is 23.2 Å². The third-order valence-electron chi connectivity index (χ3n) is 1.68. The number of rotatable bonds is 3. The number of aliphatic imine (C=N–C) groups is 1. The molecule has 0 aliphatic rings. The van der Waals surface area contributed by atoms with Crippen molar-refractivity contribution >= 4 is 18.4 Å². The Morgan fingerprint density at radius 3 is 2.40 bits per heavy atom. The Kier molecular flexibility index (Phi) is 5.62. The Morgan fingerprint density at radius 2 is 1.87 bits per heavy atom. The van der Waals surface area contributed by atoms with Crippen LogP contribution in [0.2, 0.25) is 0 Å². The molecule has 1 aromatic carbocycles. The molecule has 0 unspecified atom stereocenters. The van der Waals surface area contributed by atoms with E-state index in [2.05, 4.69) is 4.99 Å². The zero-order valence-electron chi connectivity index (χ0n) is 7.91. The van der Waals surface area contributed by atoms with E-state index < -0.39 is 11.6 Å². The highest BCUT2D eigenvalue weighted by Crippen LogP contribution is 2.08. The third kappa shape index (κ3) is 4.60. The second-order valence-corrected chi connectivity index (χ2v) is 2.81. The molecule has 0 aliphatic carbocycles. The zero-order chi connectivity index (χ0) is 10.6. The molecule has 4 N–H and O–H groups in total. The van der Waals surface area contributed by atoms with Crippen molar-refractivity contribution in [3.05, 3.63) is 35.4 Å². The van der Waals surface area contributed by atoms with Crippen molar-refractivity contribution in [2.45, 2.75) is 6.42 Å². The highest BCUT2D eigenvalue weighted by atomic mass is 35.5. The monoisotopic (exact) mass is 235 g/mol. The minimum atomic E-state index is -0.854. The second-order valence-electron chi connectivity index (χ2n) is 2.81. The molecule has 6 heteroatoms. The van der Waals surface area contributed by atoms with E-state index in [0.717, 1.165) is 12.1 Å². The largest absolute Gasteiger partial charge is 0.370 e. The van der Waals surface area contributed by atoms with Crippen molar-refractivity contribution in [1.82, 2.24) is 0 Å². The van der Waals surface area contributed by atoms with Crippen molar-refractivity contribution in [3.8, 4) is 0 Å². The van der Waals surface area contributed by atoms with Crippen LogP contribution in [0.25, 0.3) is 0 Å². The van der Waals surface area contributed by atoms with Crippen LogP contribution in [0.1, 0.15) is 5.56 Å². The summed E-state index contributed by atoms with van der Waals surface area (Å²) < 4.78 is 25.2. The van der Waals surface area contributed by atoms with Gasteiger partial charge in [-0.3, -0.25) is 4.99 Å². The highest BCUT2D eigenvalue weighted by Gasteiger charge is 2.01. The van der Waals surface area contributed by atoms with Gasteiger partial charge in [-0.25, -0.2) is 8.78 Å².